The van der Waals surface area contributed by atoms with Gasteiger partial charge in [-0.1, -0.05) is 212 Å². The average Bonchev–Trinajstić information content (AvgIpc) is 4.38. The minimum Gasteiger partial charge on any atom is -0.309 e. The van der Waals surface area contributed by atoms with E-state index in [0.717, 1.165) is 34.9 Å². The van der Waals surface area contributed by atoms with Crippen molar-refractivity contribution >= 4 is 75.9 Å². The zero-order valence-corrected chi connectivity index (χ0v) is 41.8. The summed E-state index contributed by atoms with van der Waals surface area (Å²) >= 11 is 0. The van der Waals surface area contributed by atoms with E-state index in [-0.39, 0.29) is 0 Å². The molecule has 5 nitrogen and oxygen atoms in total. The van der Waals surface area contributed by atoms with Crippen molar-refractivity contribution in [2.75, 3.05) is 0 Å². The Morgan fingerprint density at radius 1 is 0.286 bits per heavy atom. The Labute approximate surface area is 443 Å². The van der Waals surface area contributed by atoms with E-state index in [1.807, 2.05) is 36.4 Å². The summed E-state index contributed by atoms with van der Waals surface area (Å²) in [5.74, 6) is 1.96. The molecular weight excluding hydrogens is 935 g/mol. The molecule has 1 atom stereocenters. The Bertz CT molecular complexity index is 4830. The SMILES string of the molecule is c1ccc(-c2nc(-c3ccccc3)nc(-c3ccc4c5c(cccc35)C3(Cc5ccc(-n6c7ccccc7c7ccccc76)c6cccc3c56)c3cccc5c(-n6c7ccccc7c7ccccc76)ccc(c35)C4)n2)cc1. The molecule has 0 saturated carbocycles. The Kier molecular flexibility index (Phi) is 8.82. The van der Waals surface area contributed by atoms with E-state index in [1.165, 1.54) is 115 Å². The fraction of sp³-hybridized carbons (Fsp3) is 0.0417. The molecule has 5 heteroatoms. The molecule has 3 aromatic heterocycles. The fourth-order valence-corrected chi connectivity index (χ4v) is 14.0. The highest BCUT2D eigenvalue weighted by molar-refractivity contribution is 6.14. The van der Waals surface area contributed by atoms with E-state index >= 15 is 0 Å². The summed E-state index contributed by atoms with van der Waals surface area (Å²) in [5, 5.41) is 12.6. The standard InChI is InChI=1S/C72H45N5/c1-3-18-44(19-4-1)69-73-70(45-20-5-2-6-21-45)75-71(74-69)54-39-36-46-42-47-37-40-64(76-60-32-11-7-22-49(60)50-23-8-12-33-61(50)76)55-27-16-30-58(67(47)55)72(57-29-15-26-53(54)66(46)57)43-48-38-41-65(56-28-17-31-59(72)68(48)56)77-62-34-13-9-24-51(62)52-25-10-14-35-63(52)77/h1-41H,42-43H2. The van der Waals surface area contributed by atoms with E-state index in [9.17, 15) is 0 Å². The van der Waals surface area contributed by atoms with Crippen molar-refractivity contribution in [3.05, 3.63) is 282 Å². The third-order valence-electron chi connectivity index (χ3n) is 17.1. The van der Waals surface area contributed by atoms with Crippen LogP contribution < -0.4 is 0 Å². The van der Waals surface area contributed by atoms with Crippen molar-refractivity contribution in [3.8, 4) is 45.5 Å². The van der Waals surface area contributed by atoms with E-state index < -0.39 is 5.41 Å². The first-order valence-corrected chi connectivity index (χ1v) is 26.7. The second kappa shape index (κ2) is 16.0. The number of hydrogen-bond acceptors (Lipinski definition) is 3. The molecule has 77 heavy (non-hydrogen) atoms. The number of para-hydroxylation sites is 4. The van der Waals surface area contributed by atoms with Gasteiger partial charge in [-0.25, -0.2) is 15.0 Å². The molecular formula is C72H45N5. The van der Waals surface area contributed by atoms with Crippen LogP contribution in [0, 0.1) is 0 Å². The van der Waals surface area contributed by atoms with Gasteiger partial charge in [0.15, 0.2) is 17.5 Å². The van der Waals surface area contributed by atoms with Crippen LogP contribution in [-0.4, -0.2) is 24.1 Å². The zero-order valence-electron chi connectivity index (χ0n) is 41.8. The van der Waals surface area contributed by atoms with E-state index in [0.29, 0.717) is 17.5 Å². The van der Waals surface area contributed by atoms with Crippen LogP contribution in [0.3, 0.4) is 0 Å². The summed E-state index contributed by atoms with van der Waals surface area (Å²) < 4.78 is 5.00. The van der Waals surface area contributed by atoms with Gasteiger partial charge in [0, 0.05) is 49.0 Å². The first kappa shape index (κ1) is 42.4. The van der Waals surface area contributed by atoms with Crippen molar-refractivity contribution in [2.45, 2.75) is 18.3 Å². The average molecular weight is 980 g/mol. The Hall–Kier alpha value is -9.97. The summed E-state index contributed by atoms with van der Waals surface area (Å²) in [6.45, 7) is 0. The number of rotatable bonds is 5. The molecule has 0 amide bonds. The van der Waals surface area contributed by atoms with Gasteiger partial charge in [0.1, 0.15) is 0 Å². The highest BCUT2D eigenvalue weighted by Gasteiger charge is 2.46. The van der Waals surface area contributed by atoms with Gasteiger partial charge < -0.3 is 9.13 Å². The lowest BCUT2D eigenvalue weighted by Crippen LogP contribution is -2.31. The topological polar surface area (TPSA) is 48.5 Å². The fourth-order valence-electron chi connectivity index (χ4n) is 14.0. The molecule has 0 fully saturated rings. The largest absolute Gasteiger partial charge is 0.309 e. The molecule has 3 heterocycles. The van der Waals surface area contributed by atoms with Crippen LogP contribution in [0.4, 0.5) is 0 Å². The van der Waals surface area contributed by atoms with E-state index in [1.54, 1.807) is 0 Å². The highest BCUT2D eigenvalue weighted by atomic mass is 15.0. The number of hydrogen-bond donors (Lipinski definition) is 0. The lowest BCUT2D eigenvalue weighted by Gasteiger charge is -2.37. The van der Waals surface area contributed by atoms with Crippen molar-refractivity contribution in [1.29, 1.82) is 0 Å². The van der Waals surface area contributed by atoms with Gasteiger partial charge in [-0.15, -0.1) is 0 Å². The number of nitrogens with zero attached hydrogens (tertiary/aromatic N) is 5. The van der Waals surface area contributed by atoms with Crippen molar-refractivity contribution in [2.24, 2.45) is 0 Å². The van der Waals surface area contributed by atoms with Gasteiger partial charge >= 0.3 is 0 Å². The predicted octanol–water partition coefficient (Wildman–Crippen LogP) is 17.3. The minimum atomic E-state index is -0.605. The molecule has 0 aliphatic heterocycles. The monoisotopic (exact) mass is 979 g/mol. The summed E-state index contributed by atoms with van der Waals surface area (Å²) in [6.07, 6.45) is 1.54. The predicted molar refractivity (Wildman–Crippen MR) is 317 cm³/mol. The molecule has 17 rings (SSSR count). The highest BCUT2D eigenvalue weighted by Crippen LogP contribution is 2.57. The number of benzene rings is 12. The first-order valence-electron chi connectivity index (χ1n) is 26.7. The Balaban J connectivity index is 0.979. The zero-order chi connectivity index (χ0) is 50.3. The molecule has 0 radical (unpaired) electrons. The molecule has 0 saturated heterocycles. The molecule has 1 spiro atoms. The van der Waals surface area contributed by atoms with Crippen LogP contribution in [0.25, 0.3) is 121 Å². The molecule has 2 aliphatic rings. The lowest BCUT2D eigenvalue weighted by atomic mass is 9.65. The van der Waals surface area contributed by atoms with Crippen LogP contribution in [0.2, 0.25) is 0 Å². The summed E-state index contributed by atoms with van der Waals surface area (Å²) in [6, 6.07) is 91.6. The van der Waals surface area contributed by atoms with Crippen LogP contribution in [0.1, 0.15) is 33.4 Å². The second-order valence-corrected chi connectivity index (χ2v) is 21.0. The molecule has 15 aromatic rings. The maximum absolute atomic E-state index is 5.34. The maximum Gasteiger partial charge on any atom is 0.164 e. The molecule has 0 bridgehead atoms. The lowest BCUT2D eigenvalue weighted by molar-refractivity contribution is 0.651. The molecule has 358 valence electrons. The molecule has 2 aliphatic carbocycles. The van der Waals surface area contributed by atoms with Crippen LogP contribution in [0.15, 0.2) is 249 Å². The van der Waals surface area contributed by atoms with Gasteiger partial charge in [0.2, 0.25) is 0 Å². The maximum atomic E-state index is 5.34. The molecule has 0 N–H and O–H groups in total. The summed E-state index contributed by atoms with van der Waals surface area (Å²) in [7, 11) is 0. The van der Waals surface area contributed by atoms with Crippen molar-refractivity contribution in [3.63, 3.8) is 0 Å². The summed E-state index contributed by atoms with van der Waals surface area (Å²) in [4.78, 5) is 15.8. The Morgan fingerprint density at radius 2 is 0.649 bits per heavy atom. The van der Waals surface area contributed by atoms with Crippen molar-refractivity contribution < 1.29 is 0 Å². The van der Waals surface area contributed by atoms with Crippen molar-refractivity contribution in [1.82, 2.24) is 24.1 Å². The van der Waals surface area contributed by atoms with Gasteiger partial charge in [-0.2, -0.15) is 0 Å². The van der Waals surface area contributed by atoms with Gasteiger partial charge in [-0.05, 0) is 104 Å². The van der Waals surface area contributed by atoms with Crippen LogP contribution >= 0.6 is 0 Å². The summed E-state index contributed by atoms with van der Waals surface area (Å²) in [5.41, 5.74) is 17.4. The van der Waals surface area contributed by atoms with E-state index in [2.05, 4.69) is 221 Å². The Morgan fingerprint density at radius 3 is 1.13 bits per heavy atom. The third kappa shape index (κ3) is 5.91. The minimum absolute atomic E-state index is 0.605. The van der Waals surface area contributed by atoms with Crippen LogP contribution in [-0.2, 0) is 18.3 Å². The smallest absolute Gasteiger partial charge is 0.164 e. The quantitative estimate of drug-likeness (QED) is 0.173. The number of fused-ring (bicyclic) bond motifs is 9. The first-order chi connectivity index (χ1) is 38.2. The van der Waals surface area contributed by atoms with Gasteiger partial charge in [0.25, 0.3) is 0 Å². The number of aromatic nitrogens is 5. The third-order valence-corrected chi connectivity index (χ3v) is 17.1. The molecule has 12 aromatic carbocycles. The molecule has 1 unspecified atom stereocenters. The van der Waals surface area contributed by atoms with Gasteiger partial charge in [0.05, 0.1) is 38.9 Å². The second-order valence-electron chi connectivity index (χ2n) is 21.0. The van der Waals surface area contributed by atoms with Crippen LogP contribution in [0.5, 0.6) is 0 Å². The normalized spacial score (nSPS) is 14.7. The van der Waals surface area contributed by atoms with Gasteiger partial charge in [-0.3, -0.25) is 0 Å². The van der Waals surface area contributed by atoms with E-state index in [4.69, 9.17) is 15.0 Å².